The first-order valence-corrected chi connectivity index (χ1v) is 7.04. The minimum absolute atomic E-state index is 0.0813. The molecule has 0 radical (unpaired) electrons. The van der Waals surface area contributed by atoms with E-state index in [2.05, 4.69) is 6.92 Å². The van der Waals surface area contributed by atoms with Crippen molar-refractivity contribution >= 4 is 11.9 Å². The van der Waals surface area contributed by atoms with Crippen LogP contribution in [0.5, 0.6) is 0 Å². The molecule has 0 unspecified atom stereocenters. The predicted octanol–water partition coefficient (Wildman–Crippen LogP) is 2.89. The quantitative estimate of drug-likeness (QED) is 0.899. The molecule has 4 nitrogen and oxygen atoms in total. The van der Waals surface area contributed by atoms with Crippen LogP contribution in [-0.2, 0) is 0 Å². The fourth-order valence-electron chi connectivity index (χ4n) is 2.39. The second kappa shape index (κ2) is 5.65. The van der Waals surface area contributed by atoms with E-state index < -0.39 is 5.97 Å². The Hall–Kier alpha value is -1.84. The van der Waals surface area contributed by atoms with Crippen LogP contribution in [-0.4, -0.2) is 34.5 Å². The predicted molar refractivity (Wildman–Crippen MR) is 76.8 cm³/mol. The molecule has 1 amide bonds. The minimum Gasteiger partial charge on any atom is -0.478 e. The summed E-state index contributed by atoms with van der Waals surface area (Å²) in [6.45, 7) is 6.94. The topological polar surface area (TPSA) is 57.6 Å². The molecule has 1 aliphatic carbocycles. The third-order valence-corrected chi connectivity index (χ3v) is 3.95. The van der Waals surface area contributed by atoms with Crippen molar-refractivity contribution in [3.63, 3.8) is 0 Å². The second-order valence-electron chi connectivity index (χ2n) is 5.91. The van der Waals surface area contributed by atoms with Crippen LogP contribution in [0.1, 0.15) is 47.9 Å². The largest absolute Gasteiger partial charge is 0.478 e. The van der Waals surface area contributed by atoms with Crippen molar-refractivity contribution in [2.45, 2.75) is 33.2 Å². The first-order valence-electron chi connectivity index (χ1n) is 7.04. The van der Waals surface area contributed by atoms with Crippen LogP contribution in [0, 0.1) is 11.8 Å². The van der Waals surface area contributed by atoms with Crippen LogP contribution < -0.4 is 0 Å². The van der Waals surface area contributed by atoms with E-state index in [4.69, 9.17) is 5.11 Å². The number of hydrogen-bond acceptors (Lipinski definition) is 2. The number of amides is 1. The van der Waals surface area contributed by atoms with Crippen LogP contribution in [0.2, 0.25) is 0 Å². The number of carboxylic acids is 1. The lowest BCUT2D eigenvalue weighted by atomic mass is 10.1. The lowest BCUT2D eigenvalue weighted by Gasteiger charge is -2.27. The van der Waals surface area contributed by atoms with E-state index in [0.29, 0.717) is 17.4 Å². The van der Waals surface area contributed by atoms with Crippen molar-refractivity contribution in [2.75, 3.05) is 6.54 Å². The van der Waals surface area contributed by atoms with Crippen molar-refractivity contribution in [1.82, 2.24) is 4.90 Å². The first kappa shape index (κ1) is 14.6. The molecule has 20 heavy (non-hydrogen) atoms. The van der Waals surface area contributed by atoms with Crippen molar-refractivity contribution in [3.8, 4) is 0 Å². The van der Waals surface area contributed by atoms with Gasteiger partial charge in [-0.05, 0) is 50.3 Å². The van der Waals surface area contributed by atoms with E-state index in [1.165, 1.54) is 18.6 Å². The maximum absolute atomic E-state index is 12.6. The van der Waals surface area contributed by atoms with Gasteiger partial charge in [0.1, 0.15) is 0 Å². The lowest BCUT2D eigenvalue weighted by molar-refractivity contribution is 0.0693. The van der Waals surface area contributed by atoms with Gasteiger partial charge < -0.3 is 10.0 Å². The summed E-state index contributed by atoms with van der Waals surface area (Å²) < 4.78 is 0. The Morgan fingerprint density at radius 3 is 2.45 bits per heavy atom. The van der Waals surface area contributed by atoms with Gasteiger partial charge in [-0.15, -0.1) is 0 Å². The average Bonchev–Trinajstić information content (AvgIpc) is 3.10. The number of rotatable bonds is 5. The molecular formula is C16H21NO3. The third-order valence-electron chi connectivity index (χ3n) is 3.95. The average molecular weight is 275 g/mol. The summed E-state index contributed by atoms with van der Waals surface area (Å²) >= 11 is 0. The van der Waals surface area contributed by atoms with E-state index in [0.717, 1.165) is 6.54 Å². The highest BCUT2D eigenvalue weighted by molar-refractivity contribution is 5.97. The van der Waals surface area contributed by atoms with E-state index in [1.807, 2.05) is 18.7 Å². The van der Waals surface area contributed by atoms with Gasteiger partial charge in [0.25, 0.3) is 5.91 Å². The van der Waals surface area contributed by atoms with Crippen molar-refractivity contribution < 1.29 is 14.7 Å². The van der Waals surface area contributed by atoms with Gasteiger partial charge >= 0.3 is 5.97 Å². The second-order valence-corrected chi connectivity index (χ2v) is 5.91. The highest BCUT2D eigenvalue weighted by Gasteiger charge is 2.36. The van der Waals surface area contributed by atoms with Crippen LogP contribution >= 0.6 is 0 Å². The number of carbonyl (C=O) groups excluding carboxylic acids is 1. The molecule has 108 valence electrons. The molecule has 1 aliphatic rings. The summed E-state index contributed by atoms with van der Waals surface area (Å²) in [6, 6.07) is 6.37. The van der Waals surface area contributed by atoms with Gasteiger partial charge in [0.15, 0.2) is 0 Å². The van der Waals surface area contributed by atoms with E-state index >= 15 is 0 Å². The number of carbonyl (C=O) groups is 2. The van der Waals surface area contributed by atoms with Gasteiger partial charge in [0.05, 0.1) is 5.56 Å². The zero-order chi connectivity index (χ0) is 14.9. The molecule has 1 aromatic rings. The Morgan fingerprint density at radius 1 is 1.35 bits per heavy atom. The van der Waals surface area contributed by atoms with E-state index in [-0.39, 0.29) is 17.5 Å². The standard InChI is InChI=1S/C16H21NO3/c1-10(2)17(9-14-7-11(14)3)15(18)12-5-4-6-13(8-12)16(19)20/h4-6,8,10-11,14H,7,9H2,1-3H3,(H,19,20)/t11-,14+/m0/s1. The van der Waals surface area contributed by atoms with Crippen LogP contribution in [0.25, 0.3) is 0 Å². The van der Waals surface area contributed by atoms with E-state index in [1.54, 1.807) is 12.1 Å². The summed E-state index contributed by atoms with van der Waals surface area (Å²) in [5.74, 6) is 0.187. The summed E-state index contributed by atoms with van der Waals surface area (Å²) in [5, 5.41) is 9.00. The molecule has 4 heteroatoms. The molecule has 2 rings (SSSR count). The van der Waals surface area contributed by atoms with Crippen molar-refractivity contribution in [1.29, 1.82) is 0 Å². The molecule has 0 saturated heterocycles. The third kappa shape index (κ3) is 3.18. The van der Waals surface area contributed by atoms with Gasteiger partial charge in [0.2, 0.25) is 0 Å². The molecule has 0 heterocycles. The zero-order valence-electron chi connectivity index (χ0n) is 12.2. The molecule has 0 aromatic heterocycles. The molecule has 2 atom stereocenters. The number of carboxylic acid groups (broad SMARTS) is 1. The molecule has 0 aliphatic heterocycles. The Morgan fingerprint density at radius 2 is 1.95 bits per heavy atom. The summed E-state index contributed by atoms with van der Waals surface area (Å²) in [4.78, 5) is 25.4. The summed E-state index contributed by atoms with van der Waals surface area (Å²) in [5.41, 5.74) is 0.603. The van der Waals surface area contributed by atoms with Crippen molar-refractivity contribution in [3.05, 3.63) is 35.4 Å². The maximum Gasteiger partial charge on any atom is 0.335 e. The summed E-state index contributed by atoms with van der Waals surface area (Å²) in [6.07, 6.45) is 1.17. The fourth-order valence-corrected chi connectivity index (χ4v) is 2.39. The SMILES string of the molecule is CC(C)N(C[C@H]1C[C@@H]1C)C(=O)c1cccc(C(=O)O)c1. The molecule has 0 bridgehead atoms. The molecular weight excluding hydrogens is 254 g/mol. The Labute approximate surface area is 119 Å². The lowest BCUT2D eigenvalue weighted by Crippen LogP contribution is -2.38. The Kier molecular flexibility index (Phi) is 4.12. The van der Waals surface area contributed by atoms with Gasteiger partial charge in [-0.25, -0.2) is 4.79 Å². The van der Waals surface area contributed by atoms with Gasteiger partial charge in [-0.3, -0.25) is 4.79 Å². The molecule has 0 spiro atoms. The number of aromatic carboxylic acids is 1. The first-order chi connectivity index (χ1) is 9.40. The fraction of sp³-hybridized carbons (Fsp3) is 0.500. The van der Waals surface area contributed by atoms with Crippen LogP contribution in [0.15, 0.2) is 24.3 Å². The summed E-state index contributed by atoms with van der Waals surface area (Å²) in [7, 11) is 0. The maximum atomic E-state index is 12.6. The number of nitrogens with zero attached hydrogens (tertiary/aromatic N) is 1. The van der Waals surface area contributed by atoms with Gasteiger partial charge in [-0.2, -0.15) is 0 Å². The minimum atomic E-state index is -1.01. The molecule has 1 aromatic carbocycles. The highest BCUT2D eigenvalue weighted by Crippen LogP contribution is 2.38. The molecule has 1 fully saturated rings. The van der Waals surface area contributed by atoms with E-state index in [9.17, 15) is 9.59 Å². The van der Waals surface area contributed by atoms with Crippen molar-refractivity contribution in [2.24, 2.45) is 11.8 Å². The van der Waals surface area contributed by atoms with Crippen LogP contribution in [0.4, 0.5) is 0 Å². The smallest absolute Gasteiger partial charge is 0.335 e. The Bertz CT molecular complexity index is 524. The van der Waals surface area contributed by atoms with Crippen LogP contribution in [0.3, 0.4) is 0 Å². The molecule has 1 saturated carbocycles. The normalized spacial score (nSPS) is 20.8. The molecule has 1 N–H and O–H groups in total. The monoisotopic (exact) mass is 275 g/mol. The van der Waals surface area contributed by atoms with Gasteiger partial charge in [-0.1, -0.05) is 13.0 Å². The number of benzene rings is 1. The number of hydrogen-bond donors (Lipinski definition) is 1. The highest BCUT2D eigenvalue weighted by atomic mass is 16.4. The zero-order valence-corrected chi connectivity index (χ0v) is 12.2. The Balaban J connectivity index is 2.18. The van der Waals surface area contributed by atoms with Gasteiger partial charge in [0, 0.05) is 18.2 Å².